The number of amides is 1. The van der Waals surface area contributed by atoms with Gasteiger partial charge in [0.05, 0.1) is 13.0 Å². The summed E-state index contributed by atoms with van der Waals surface area (Å²) in [6, 6.07) is 0. The van der Waals surface area contributed by atoms with Crippen LogP contribution in [-0.2, 0) is 14.3 Å². The molecule has 0 unspecified atom stereocenters. The van der Waals surface area contributed by atoms with E-state index in [1.54, 1.807) is 0 Å². The van der Waals surface area contributed by atoms with Gasteiger partial charge in [0.1, 0.15) is 0 Å². The number of unbranched alkanes of at least 4 members (excludes halogenated alkanes) is 14. The maximum atomic E-state index is 12.7. The molecule has 0 aliphatic carbocycles. The van der Waals surface area contributed by atoms with Crippen LogP contribution in [0.3, 0.4) is 0 Å². The topological polar surface area (TPSA) is 46.6 Å². The SMILES string of the molecule is CCCCCCCCN(CCCCCCCC)C(=O)CCC(=O)OCCCCCCC. The minimum Gasteiger partial charge on any atom is -0.466 e. The maximum Gasteiger partial charge on any atom is 0.306 e. The summed E-state index contributed by atoms with van der Waals surface area (Å²) >= 11 is 0. The molecule has 0 aliphatic heterocycles. The fourth-order valence-electron chi connectivity index (χ4n) is 3.86. The van der Waals surface area contributed by atoms with Gasteiger partial charge in [-0.2, -0.15) is 0 Å². The van der Waals surface area contributed by atoms with E-state index in [4.69, 9.17) is 4.74 Å². The Morgan fingerprint density at radius 2 is 0.968 bits per heavy atom. The molecule has 0 fully saturated rings. The van der Waals surface area contributed by atoms with Crippen LogP contribution in [0.5, 0.6) is 0 Å². The largest absolute Gasteiger partial charge is 0.466 e. The highest BCUT2D eigenvalue weighted by molar-refractivity contribution is 5.81. The standard InChI is InChI=1S/C27H53NO3/c1-4-7-10-13-15-18-23-28(24-19-16-14-11-8-5-2)26(29)21-22-27(30)31-25-20-17-12-9-6-3/h4-25H2,1-3H3. The molecule has 0 N–H and O–H groups in total. The Labute approximate surface area is 193 Å². The van der Waals surface area contributed by atoms with Crippen LogP contribution < -0.4 is 0 Å². The van der Waals surface area contributed by atoms with Gasteiger partial charge in [0, 0.05) is 19.5 Å². The van der Waals surface area contributed by atoms with Crippen LogP contribution in [0, 0.1) is 0 Å². The molecule has 0 bridgehead atoms. The molecular formula is C27H53NO3. The highest BCUT2D eigenvalue weighted by Gasteiger charge is 2.15. The smallest absolute Gasteiger partial charge is 0.306 e. The molecule has 0 aromatic carbocycles. The summed E-state index contributed by atoms with van der Waals surface area (Å²) in [6.45, 7) is 8.84. The zero-order valence-corrected chi connectivity index (χ0v) is 21.2. The molecule has 0 aromatic rings. The van der Waals surface area contributed by atoms with Crippen molar-refractivity contribution in [1.82, 2.24) is 4.90 Å². The van der Waals surface area contributed by atoms with Crippen molar-refractivity contribution in [3.05, 3.63) is 0 Å². The van der Waals surface area contributed by atoms with Crippen LogP contribution in [0.1, 0.15) is 143 Å². The Kier molecular flexibility index (Phi) is 22.8. The predicted molar refractivity (Wildman–Crippen MR) is 132 cm³/mol. The van der Waals surface area contributed by atoms with Crippen molar-refractivity contribution in [2.24, 2.45) is 0 Å². The number of carbonyl (C=O) groups is 2. The first-order valence-corrected chi connectivity index (χ1v) is 13.6. The lowest BCUT2D eigenvalue weighted by molar-refractivity contribution is -0.146. The van der Waals surface area contributed by atoms with Gasteiger partial charge in [-0.05, 0) is 19.3 Å². The second-order valence-electron chi connectivity index (χ2n) is 9.05. The summed E-state index contributed by atoms with van der Waals surface area (Å²) in [5.41, 5.74) is 0. The molecule has 0 rings (SSSR count). The molecule has 0 saturated heterocycles. The Bertz CT molecular complexity index is 395. The van der Waals surface area contributed by atoms with Crippen LogP contribution in [-0.4, -0.2) is 36.5 Å². The quantitative estimate of drug-likeness (QED) is 0.120. The average molecular weight is 440 g/mol. The lowest BCUT2D eigenvalue weighted by Gasteiger charge is -2.23. The summed E-state index contributed by atoms with van der Waals surface area (Å²) in [7, 11) is 0. The van der Waals surface area contributed by atoms with Gasteiger partial charge in [-0.1, -0.05) is 111 Å². The average Bonchev–Trinajstić information content (AvgIpc) is 2.77. The minimum atomic E-state index is -0.220. The normalized spacial score (nSPS) is 10.9. The zero-order chi connectivity index (χ0) is 23.0. The number of nitrogens with zero attached hydrogens (tertiary/aromatic N) is 1. The Morgan fingerprint density at radius 1 is 0.548 bits per heavy atom. The number of ether oxygens (including phenoxy) is 1. The molecule has 4 nitrogen and oxygen atoms in total. The van der Waals surface area contributed by atoms with Crippen LogP contribution in [0.15, 0.2) is 0 Å². The van der Waals surface area contributed by atoms with E-state index in [-0.39, 0.29) is 18.3 Å². The second-order valence-corrected chi connectivity index (χ2v) is 9.05. The summed E-state index contributed by atoms with van der Waals surface area (Å²) in [5, 5.41) is 0. The zero-order valence-electron chi connectivity index (χ0n) is 21.2. The molecule has 4 heteroatoms. The number of esters is 1. The minimum absolute atomic E-state index is 0.127. The highest BCUT2D eigenvalue weighted by Crippen LogP contribution is 2.11. The third-order valence-electron chi connectivity index (χ3n) is 5.97. The van der Waals surface area contributed by atoms with E-state index in [1.807, 2.05) is 4.90 Å². The molecule has 184 valence electrons. The van der Waals surface area contributed by atoms with Crippen molar-refractivity contribution in [2.75, 3.05) is 19.7 Å². The first-order chi connectivity index (χ1) is 15.2. The second kappa shape index (κ2) is 23.6. The van der Waals surface area contributed by atoms with Gasteiger partial charge in [-0.15, -0.1) is 0 Å². The van der Waals surface area contributed by atoms with Crippen molar-refractivity contribution in [3.8, 4) is 0 Å². The number of hydrogen-bond donors (Lipinski definition) is 0. The predicted octanol–water partition coefficient (Wildman–Crippen LogP) is 7.83. The number of rotatable bonds is 23. The van der Waals surface area contributed by atoms with E-state index in [9.17, 15) is 9.59 Å². The molecule has 31 heavy (non-hydrogen) atoms. The van der Waals surface area contributed by atoms with Crippen LogP contribution in [0.25, 0.3) is 0 Å². The summed E-state index contributed by atoms with van der Waals surface area (Å²) in [4.78, 5) is 26.7. The fourth-order valence-corrected chi connectivity index (χ4v) is 3.86. The lowest BCUT2D eigenvalue weighted by Crippen LogP contribution is -2.33. The summed E-state index contributed by atoms with van der Waals surface area (Å²) < 4.78 is 5.31. The van der Waals surface area contributed by atoms with Gasteiger partial charge < -0.3 is 9.64 Å². The molecule has 0 aliphatic rings. The van der Waals surface area contributed by atoms with Gasteiger partial charge in [0.2, 0.25) is 5.91 Å². The number of hydrogen-bond acceptors (Lipinski definition) is 3. The summed E-state index contributed by atoms with van der Waals surface area (Å²) in [5.74, 6) is -0.0927. The molecular weight excluding hydrogens is 386 g/mol. The van der Waals surface area contributed by atoms with E-state index in [0.717, 1.165) is 38.8 Å². The molecule has 0 spiro atoms. The Hall–Kier alpha value is -1.06. The van der Waals surface area contributed by atoms with Crippen molar-refractivity contribution >= 4 is 11.9 Å². The molecule has 0 radical (unpaired) electrons. The number of carbonyl (C=O) groups excluding carboxylic acids is 2. The third kappa shape index (κ3) is 20.6. The van der Waals surface area contributed by atoms with Crippen LogP contribution in [0.4, 0.5) is 0 Å². The van der Waals surface area contributed by atoms with Crippen molar-refractivity contribution in [1.29, 1.82) is 0 Å². The molecule has 0 saturated carbocycles. The van der Waals surface area contributed by atoms with Crippen molar-refractivity contribution in [3.63, 3.8) is 0 Å². The summed E-state index contributed by atoms with van der Waals surface area (Å²) in [6.07, 6.45) is 21.0. The van der Waals surface area contributed by atoms with E-state index in [2.05, 4.69) is 20.8 Å². The molecule has 0 heterocycles. The monoisotopic (exact) mass is 439 g/mol. The van der Waals surface area contributed by atoms with Crippen molar-refractivity contribution in [2.45, 2.75) is 143 Å². The Balaban J connectivity index is 4.16. The lowest BCUT2D eigenvalue weighted by atomic mass is 10.1. The van der Waals surface area contributed by atoms with Gasteiger partial charge >= 0.3 is 5.97 Å². The maximum absolute atomic E-state index is 12.7. The van der Waals surface area contributed by atoms with E-state index in [0.29, 0.717) is 13.0 Å². The van der Waals surface area contributed by atoms with Crippen molar-refractivity contribution < 1.29 is 14.3 Å². The highest BCUT2D eigenvalue weighted by atomic mass is 16.5. The molecule has 0 atom stereocenters. The first kappa shape index (κ1) is 29.9. The van der Waals surface area contributed by atoms with Gasteiger partial charge in [-0.25, -0.2) is 0 Å². The van der Waals surface area contributed by atoms with Gasteiger partial charge in [0.25, 0.3) is 0 Å². The molecule has 0 aromatic heterocycles. The van der Waals surface area contributed by atoms with Gasteiger partial charge in [0.15, 0.2) is 0 Å². The van der Waals surface area contributed by atoms with E-state index >= 15 is 0 Å². The van der Waals surface area contributed by atoms with E-state index < -0.39 is 0 Å². The first-order valence-electron chi connectivity index (χ1n) is 13.6. The van der Waals surface area contributed by atoms with Crippen LogP contribution in [0.2, 0.25) is 0 Å². The third-order valence-corrected chi connectivity index (χ3v) is 5.97. The Morgan fingerprint density at radius 3 is 1.45 bits per heavy atom. The van der Waals surface area contributed by atoms with Crippen LogP contribution >= 0.6 is 0 Å². The van der Waals surface area contributed by atoms with Gasteiger partial charge in [-0.3, -0.25) is 9.59 Å². The molecule has 1 amide bonds. The fraction of sp³-hybridized carbons (Fsp3) is 0.926. The van der Waals surface area contributed by atoms with E-state index in [1.165, 1.54) is 83.5 Å².